The second kappa shape index (κ2) is 10.1. The summed E-state index contributed by atoms with van der Waals surface area (Å²) in [7, 11) is 0. The van der Waals surface area contributed by atoms with Gasteiger partial charge in [0.15, 0.2) is 0 Å². The SMILES string of the molecule is Cl.Cl.N[C@H](CF)Cc1sc2c(NCc3nccs3)cc(Cl)nc2c1Cl. The first-order valence-corrected chi connectivity index (χ1v) is 9.25. The summed E-state index contributed by atoms with van der Waals surface area (Å²) in [5.74, 6) is 0. The second-order valence-electron chi connectivity index (χ2n) is 4.91. The van der Waals surface area contributed by atoms with Crippen LogP contribution in [0.15, 0.2) is 17.6 Å². The van der Waals surface area contributed by atoms with Gasteiger partial charge >= 0.3 is 0 Å². The molecule has 138 valence electrons. The maximum Gasteiger partial charge on any atom is 0.131 e. The van der Waals surface area contributed by atoms with Crippen molar-refractivity contribution in [1.82, 2.24) is 9.97 Å². The zero-order valence-electron chi connectivity index (χ0n) is 12.7. The summed E-state index contributed by atoms with van der Waals surface area (Å²) in [5, 5.41) is 7.04. The Kier molecular flexibility index (Phi) is 9.11. The van der Waals surface area contributed by atoms with E-state index in [0.29, 0.717) is 28.7 Å². The Hall–Kier alpha value is -0.410. The van der Waals surface area contributed by atoms with Crippen molar-refractivity contribution in [1.29, 1.82) is 0 Å². The number of hydrogen-bond donors (Lipinski definition) is 2. The Labute approximate surface area is 174 Å². The molecule has 0 saturated heterocycles. The van der Waals surface area contributed by atoms with Crippen molar-refractivity contribution >= 4 is 86.6 Å². The minimum atomic E-state index is -0.589. The van der Waals surface area contributed by atoms with Crippen molar-refractivity contribution in [2.75, 3.05) is 12.0 Å². The number of fused-ring (bicyclic) bond motifs is 1. The summed E-state index contributed by atoms with van der Waals surface area (Å²) in [6, 6.07) is 1.19. The first-order chi connectivity index (χ1) is 11.1. The van der Waals surface area contributed by atoms with Crippen molar-refractivity contribution in [2.45, 2.75) is 19.0 Å². The van der Waals surface area contributed by atoms with E-state index in [4.69, 9.17) is 28.9 Å². The highest BCUT2D eigenvalue weighted by Crippen LogP contribution is 2.40. The van der Waals surface area contributed by atoms with Gasteiger partial charge in [0.25, 0.3) is 0 Å². The lowest BCUT2D eigenvalue weighted by atomic mass is 10.2. The lowest BCUT2D eigenvalue weighted by Crippen LogP contribution is -2.24. The van der Waals surface area contributed by atoms with E-state index in [1.807, 2.05) is 5.38 Å². The monoisotopic (exact) mass is 462 g/mol. The standard InChI is InChI=1S/C14H13Cl2FN4S2.2ClH/c15-10-4-8(20-6-11-19-1-2-22-11)14-13(21-10)12(16)9(23-14)3-7(18)5-17;;/h1-2,4,7H,3,5-6,18H2,(H,20,21);2*1H/t7-;;/m0../s1. The summed E-state index contributed by atoms with van der Waals surface area (Å²) in [5.41, 5.74) is 7.14. The summed E-state index contributed by atoms with van der Waals surface area (Å²) in [4.78, 5) is 9.34. The number of thiazole rings is 1. The van der Waals surface area contributed by atoms with Gasteiger partial charge in [-0.25, -0.2) is 14.4 Å². The van der Waals surface area contributed by atoms with Crippen molar-refractivity contribution in [3.8, 4) is 0 Å². The van der Waals surface area contributed by atoms with Crippen LogP contribution in [0, 0.1) is 0 Å². The molecular weight excluding hydrogens is 449 g/mol. The van der Waals surface area contributed by atoms with Gasteiger partial charge in [-0.15, -0.1) is 47.5 Å². The molecule has 0 fully saturated rings. The van der Waals surface area contributed by atoms with E-state index in [9.17, 15) is 4.39 Å². The molecular formula is C14H15Cl4FN4S2. The molecule has 0 aromatic carbocycles. The topological polar surface area (TPSA) is 63.8 Å². The first kappa shape index (κ1) is 22.6. The fourth-order valence-corrected chi connectivity index (χ4v) is 4.47. The van der Waals surface area contributed by atoms with E-state index in [1.54, 1.807) is 23.6 Å². The lowest BCUT2D eigenvalue weighted by molar-refractivity contribution is 0.428. The zero-order valence-corrected chi connectivity index (χ0v) is 17.4. The van der Waals surface area contributed by atoms with E-state index in [0.717, 1.165) is 20.3 Å². The van der Waals surface area contributed by atoms with Crippen LogP contribution in [0.25, 0.3) is 10.2 Å². The molecule has 0 saturated carbocycles. The van der Waals surface area contributed by atoms with Gasteiger partial charge in [-0.2, -0.15) is 0 Å². The van der Waals surface area contributed by atoms with Gasteiger partial charge in [-0.1, -0.05) is 23.2 Å². The predicted molar refractivity (Wildman–Crippen MR) is 111 cm³/mol. The molecule has 1 atom stereocenters. The van der Waals surface area contributed by atoms with Gasteiger partial charge in [0.2, 0.25) is 0 Å². The molecule has 0 radical (unpaired) electrons. The molecule has 3 aromatic heterocycles. The van der Waals surface area contributed by atoms with Gasteiger partial charge in [-0.05, 0) is 0 Å². The smallest absolute Gasteiger partial charge is 0.131 e. The van der Waals surface area contributed by atoms with Gasteiger partial charge in [0.1, 0.15) is 22.4 Å². The average molecular weight is 464 g/mol. The Morgan fingerprint density at radius 1 is 1.32 bits per heavy atom. The molecule has 0 aliphatic carbocycles. The molecule has 0 spiro atoms. The second-order valence-corrected chi connectivity index (χ2v) is 7.76. The number of thiophene rings is 1. The van der Waals surface area contributed by atoms with Gasteiger partial charge in [-0.3, -0.25) is 0 Å². The molecule has 25 heavy (non-hydrogen) atoms. The van der Waals surface area contributed by atoms with Gasteiger partial charge in [0, 0.05) is 35.0 Å². The molecule has 0 amide bonds. The van der Waals surface area contributed by atoms with Crippen molar-refractivity contribution < 1.29 is 4.39 Å². The van der Waals surface area contributed by atoms with Crippen LogP contribution in [0.4, 0.5) is 10.1 Å². The summed E-state index contributed by atoms with van der Waals surface area (Å²) in [6.07, 6.45) is 2.13. The zero-order chi connectivity index (χ0) is 16.4. The van der Waals surface area contributed by atoms with Crippen LogP contribution in [-0.2, 0) is 13.0 Å². The van der Waals surface area contributed by atoms with Crippen LogP contribution in [0.2, 0.25) is 10.2 Å². The van der Waals surface area contributed by atoms with Crippen LogP contribution in [0.1, 0.15) is 9.88 Å². The molecule has 3 heterocycles. The van der Waals surface area contributed by atoms with Crippen molar-refractivity contribution in [3.05, 3.63) is 37.7 Å². The van der Waals surface area contributed by atoms with Crippen LogP contribution >= 0.6 is 70.7 Å². The van der Waals surface area contributed by atoms with E-state index in [1.165, 1.54) is 11.3 Å². The molecule has 4 nitrogen and oxygen atoms in total. The van der Waals surface area contributed by atoms with Crippen LogP contribution in [0.5, 0.6) is 0 Å². The fraction of sp³-hybridized carbons (Fsp3) is 0.286. The highest BCUT2D eigenvalue weighted by atomic mass is 35.5. The third kappa shape index (κ3) is 5.29. The number of halogens is 5. The maximum absolute atomic E-state index is 12.7. The molecule has 0 bridgehead atoms. The largest absolute Gasteiger partial charge is 0.377 e. The quantitative estimate of drug-likeness (QED) is 0.483. The molecule has 3 rings (SSSR count). The predicted octanol–water partition coefficient (Wildman–Crippen LogP) is 5.35. The number of anilines is 1. The van der Waals surface area contributed by atoms with E-state index >= 15 is 0 Å². The number of nitrogens with two attached hydrogens (primary N) is 1. The minimum absolute atomic E-state index is 0. The molecule has 0 unspecified atom stereocenters. The summed E-state index contributed by atoms with van der Waals surface area (Å²) >= 11 is 15.5. The van der Waals surface area contributed by atoms with E-state index in [2.05, 4.69) is 15.3 Å². The average Bonchev–Trinajstić information content (AvgIpc) is 3.15. The van der Waals surface area contributed by atoms with Crippen LogP contribution < -0.4 is 11.1 Å². The molecule has 3 aromatic rings. The molecule has 11 heteroatoms. The fourth-order valence-electron chi connectivity index (χ4n) is 2.12. The Bertz CT molecular complexity index is 813. The van der Waals surface area contributed by atoms with Gasteiger partial charge < -0.3 is 11.1 Å². The van der Waals surface area contributed by atoms with Crippen LogP contribution in [-0.4, -0.2) is 22.7 Å². The Morgan fingerprint density at radius 3 is 2.72 bits per heavy atom. The van der Waals surface area contributed by atoms with Crippen molar-refractivity contribution in [2.24, 2.45) is 5.73 Å². The molecule has 0 aliphatic heterocycles. The highest BCUT2D eigenvalue weighted by Gasteiger charge is 2.18. The number of pyridine rings is 1. The number of alkyl halides is 1. The number of hydrogen-bond acceptors (Lipinski definition) is 6. The Morgan fingerprint density at radius 2 is 2.08 bits per heavy atom. The number of rotatable bonds is 6. The number of nitrogens with zero attached hydrogens (tertiary/aromatic N) is 2. The Balaban J connectivity index is 0.00000156. The maximum atomic E-state index is 12.7. The normalized spacial score (nSPS) is 11.7. The molecule has 3 N–H and O–H groups in total. The van der Waals surface area contributed by atoms with Crippen LogP contribution in [0.3, 0.4) is 0 Å². The first-order valence-electron chi connectivity index (χ1n) is 6.79. The number of aromatic nitrogens is 2. The molecule has 0 aliphatic rings. The minimum Gasteiger partial charge on any atom is -0.377 e. The summed E-state index contributed by atoms with van der Waals surface area (Å²) < 4.78 is 13.5. The third-order valence-corrected chi connectivity index (χ3v) is 5.91. The van der Waals surface area contributed by atoms with Crippen molar-refractivity contribution in [3.63, 3.8) is 0 Å². The summed E-state index contributed by atoms with van der Waals surface area (Å²) in [6.45, 7) is -0.00410. The third-order valence-electron chi connectivity index (χ3n) is 3.18. The lowest BCUT2D eigenvalue weighted by Gasteiger charge is -2.06. The number of nitrogens with one attached hydrogen (secondary N) is 1. The highest BCUT2D eigenvalue weighted by molar-refractivity contribution is 7.20. The van der Waals surface area contributed by atoms with Gasteiger partial charge in [0.05, 0.1) is 22.0 Å². The van der Waals surface area contributed by atoms with E-state index < -0.39 is 12.7 Å². The van der Waals surface area contributed by atoms with E-state index in [-0.39, 0.29) is 24.8 Å².